The summed E-state index contributed by atoms with van der Waals surface area (Å²) in [4.78, 5) is 4.41. The Labute approximate surface area is 169 Å². The Morgan fingerprint density at radius 3 is 2.59 bits per heavy atom. The standard InChI is InChI=1S/C18H13Cl2N5OS/c1-25-17(11-6-8-12(19)9-7-11)22-23-18(25)27-10-15-21-16(24-26-15)13-4-2-3-5-14(13)20/h2-9H,10H2,1H3. The lowest BCUT2D eigenvalue weighted by atomic mass is 10.2. The Morgan fingerprint density at radius 2 is 1.81 bits per heavy atom. The summed E-state index contributed by atoms with van der Waals surface area (Å²) in [5, 5.41) is 14.5. The molecule has 0 fully saturated rings. The molecule has 27 heavy (non-hydrogen) atoms. The monoisotopic (exact) mass is 417 g/mol. The first-order valence-electron chi connectivity index (χ1n) is 7.97. The number of thioether (sulfide) groups is 1. The summed E-state index contributed by atoms with van der Waals surface area (Å²) in [6.07, 6.45) is 0. The molecule has 0 saturated carbocycles. The van der Waals surface area contributed by atoms with Gasteiger partial charge in [-0.15, -0.1) is 10.2 Å². The van der Waals surface area contributed by atoms with Gasteiger partial charge in [-0.25, -0.2) is 0 Å². The third-order valence-corrected chi connectivity index (χ3v) is 5.43. The third-order valence-electron chi connectivity index (χ3n) is 3.84. The van der Waals surface area contributed by atoms with Crippen LogP contribution in [0.15, 0.2) is 58.2 Å². The fourth-order valence-electron chi connectivity index (χ4n) is 2.48. The second kappa shape index (κ2) is 7.72. The third kappa shape index (κ3) is 3.85. The number of halogens is 2. The highest BCUT2D eigenvalue weighted by Crippen LogP contribution is 2.28. The molecule has 2 aromatic carbocycles. The van der Waals surface area contributed by atoms with E-state index < -0.39 is 0 Å². The number of aromatic nitrogens is 5. The fourth-order valence-corrected chi connectivity index (χ4v) is 3.58. The van der Waals surface area contributed by atoms with Crippen LogP contribution in [0.25, 0.3) is 22.8 Å². The van der Waals surface area contributed by atoms with Crippen molar-refractivity contribution in [2.24, 2.45) is 7.05 Å². The molecule has 6 nitrogen and oxygen atoms in total. The van der Waals surface area contributed by atoms with E-state index in [1.807, 2.05) is 54.1 Å². The molecule has 4 rings (SSSR count). The summed E-state index contributed by atoms with van der Waals surface area (Å²) >= 11 is 13.6. The van der Waals surface area contributed by atoms with Crippen molar-refractivity contribution < 1.29 is 4.52 Å². The Bertz CT molecular complexity index is 1080. The minimum Gasteiger partial charge on any atom is -0.338 e. The van der Waals surface area contributed by atoms with Crippen LogP contribution in [0.4, 0.5) is 0 Å². The topological polar surface area (TPSA) is 69.6 Å². The van der Waals surface area contributed by atoms with Crippen molar-refractivity contribution in [1.29, 1.82) is 0 Å². The zero-order chi connectivity index (χ0) is 18.8. The first-order chi connectivity index (χ1) is 13.1. The van der Waals surface area contributed by atoms with Gasteiger partial charge in [0.1, 0.15) is 0 Å². The second-order valence-electron chi connectivity index (χ2n) is 5.65. The van der Waals surface area contributed by atoms with Gasteiger partial charge in [0.05, 0.1) is 10.8 Å². The van der Waals surface area contributed by atoms with Crippen LogP contribution < -0.4 is 0 Å². The molecule has 0 radical (unpaired) electrons. The Balaban J connectivity index is 1.48. The predicted molar refractivity (Wildman–Crippen MR) is 106 cm³/mol. The lowest BCUT2D eigenvalue weighted by molar-refractivity contribution is 0.391. The SMILES string of the molecule is Cn1c(SCc2nc(-c3ccccc3Cl)no2)nnc1-c1ccc(Cl)cc1. The first kappa shape index (κ1) is 18.0. The average molecular weight is 418 g/mol. The van der Waals surface area contributed by atoms with Crippen molar-refractivity contribution in [3.05, 3.63) is 64.5 Å². The van der Waals surface area contributed by atoms with E-state index in [2.05, 4.69) is 20.3 Å². The summed E-state index contributed by atoms with van der Waals surface area (Å²) in [7, 11) is 1.91. The number of nitrogens with zero attached hydrogens (tertiary/aromatic N) is 5. The van der Waals surface area contributed by atoms with Crippen LogP contribution in [0, 0.1) is 0 Å². The summed E-state index contributed by atoms with van der Waals surface area (Å²) in [6.45, 7) is 0. The van der Waals surface area contributed by atoms with Crippen LogP contribution in [0.5, 0.6) is 0 Å². The molecule has 0 aliphatic rings. The zero-order valence-electron chi connectivity index (χ0n) is 14.1. The molecule has 0 spiro atoms. The smallest absolute Gasteiger partial charge is 0.237 e. The van der Waals surface area contributed by atoms with E-state index in [-0.39, 0.29) is 0 Å². The van der Waals surface area contributed by atoms with Crippen LogP contribution in [-0.2, 0) is 12.8 Å². The van der Waals surface area contributed by atoms with Crippen LogP contribution in [0.1, 0.15) is 5.89 Å². The number of rotatable bonds is 5. The Morgan fingerprint density at radius 1 is 1.04 bits per heavy atom. The lowest BCUT2D eigenvalue weighted by Gasteiger charge is -2.03. The molecule has 136 valence electrons. The number of hydrogen-bond acceptors (Lipinski definition) is 6. The zero-order valence-corrected chi connectivity index (χ0v) is 16.5. The quantitative estimate of drug-likeness (QED) is 0.419. The van der Waals surface area contributed by atoms with E-state index in [1.54, 1.807) is 6.07 Å². The lowest BCUT2D eigenvalue weighted by Crippen LogP contribution is -1.95. The summed E-state index contributed by atoms with van der Waals surface area (Å²) in [5.74, 6) is 2.20. The second-order valence-corrected chi connectivity index (χ2v) is 7.44. The first-order valence-corrected chi connectivity index (χ1v) is 9.71. The molecule has 2 heterocycles. The maximum absolute atomic E-state index is 6.18. The maximum atomic E-state index is 6.18. The van der Waals surface area contributed by atoms with Gasteiger partial charge in [0, 0.05) is 23.2 Å². The average Bonchev–Trinajstić information content (AvgIpc) is 3.28. The molecule has 0 atom stereocenters. The predicted octanol–water partition coefficient (Wildman–Crippen LogP) is 5.13. The molecule has 4 aromatic rings. The van der Waals surface area contributed by atoms with Crippen LogP contribution in [-0.4, -0.2) is 24.9 Å². The minimum atomic E-state index is 0.469. The van der Waals surface area contributed by atoms with Crippen molar-refractivity contribution in [3.8, 4) is 22.8 Å². The Hall–Kier alpha value is -2.35. The van der Waals surface area contributed by atoms with Crippen LogP contribution in [0.3, 0.4) is 0 Å². The normalized spacial score (nSPS) is 11.1. The van der Waals surface area contributed by atoms with Crippen LogP contribution in [0.2, 0.25) is 10.0 Å². The van der Waals surface area contributed by atoms with Gasteiger partial charge in [-0.2, -0.15) is 4.98 Å². The van der Waals surface area contributed by atoms with Gasteiger partial charge < -0.3 is 9.09 Å². The van der Waals surface area contributed by atoms with Crippen molar-refractivity contribution >= 4 is 35.0 Å². The molecular weight excluding hydrogens is 405 g/mol. The Kier molecular flexibility index (Phi) is 5.15. The molecule has 9 heteroatoms. The van der Waals surface area contributed by atoms with E-state index in [1.165, 1.54) is 11.8 Å². The summed E-state index contributed by atoms with van der Waals surface area (Å²) < 4.78 is 7.24. The van der Waals surface area contributed by atoms with E-state index in [0.717, 1.165) is 22.1 Å². The van der Waals surface area contributed by atoms with Crippen molar-refractivity contribution in [2.75, 3.05) is 0 Å². The van der Waals surface area contributed by atoms with Crippen molar-refractivity contribution in [2.45, 2.75) is 10.9 Å². The van der Waals surface area contributed by atoms with Crippen LogP contribution >= 0.6 is 35.0 Å². The number of benzene rings is 2. The van der Waals surface area contributed by atoms with Gasteiger partial charge in [0.2, 0.25) is 11.7 Å². The van der Waals surface area contributed by atoms with Gasteiger partial charge >= 0.3 is 0 Å². The van der Waals surface area contributed by atoms with E-state index >= 15 is 0 Å². The highest BCUT2D eigenvalue weighted by atomic mass is 35.5. The van der Waals surface area contributed by atoms with Gasteiger partial charge in [-0.1, -0.05) is 52.3 Å². The van der Waals surface area contributed by atoms with Gasteiger partial charge in [-0.3, -0.25) is 0 Å². The largest absolute Gasteiger partial charge is 0.338 e. The highest BCUT2D eigenvalue weighted by Gasteiger charge is 2.15. The van der Waals surface area contributed by atoms with Crippen molar-refractivity contribution in [3.63, 3.8) is 0 Å². The summed E-state index contributed by atoms with van der Waals surface area (Å²) in [5.41, 5.74) is 1.68. The van der Waals surface area contributed by atoms with E-state index in [4.69, 9.17) is 27.7 Å². The minimum absolute atomic E-state index is 0.469. The van der Waals surface area contributed by atoms with Crippen molar-refractivity contribution in [1.82, 2.24) is 24.9 Å². The molecular formula is C18H13Cl2N5OS. The maximum Gasteiger partial charge on any atom is 0.237 e. The molecule has 0 saturated heterocycles. The molecule has 0 aliphatic carbocycles. The van der Waals surface area contributed by atoms with Gasteiger partial charge in [0.15, 0.2) is 11.0 Å². The van der Waals surface area contributed by atoms with E-state index in [0.29, 0.717) is 27.5 Å². The van der Waals surface area contributed by atoms with Gasteiger partial charge in [-0.05, 0) is 36.4 Å². The highest BCUT2D eigenvalue weighted by molar-refractivity contribution is 7.98. The fraction of sp³-hybridized carbons (Fsp3) is 0.111. The number of hydrogen-bond donors (Lipinski definition) is 0. The van der Waals surface area contributed by atoms with Gasteiger partial charge in [0.25, 0.3) is 0 Å². The molecule has 0 bridgehead atoms. The molecule has 0 aliphatic heterocycles. The molecule has 0 unspecified atom stereocenters. The molecule has 2 aromatic heterocycles. The summed E-state index contributed by atoms with van der Waals surface area (Å²) in [6, 6.07) is 14.9. The molecule has 0 amide bonds. The van der Waals surface area contributed by atoms with E-state index in [9.17, 15) is 0 Å². The molecule has 0 N–H and O–H groups in total.